The number of nitrogens with zero attached hydrogens (tertiary/aromatic N) is 2. The molecule has 2 N–H and O–H groups in total. The average molecular weight is 460 g/mol. The molecule has 0 saturated heterocycles. The number of ether oxygens (including phenoxy) is 1. The maximum absolute atomic E-state index is 13.7. The van der Waals surface area contributed by atoms with Crippen LogP contribution in [0, 0.1) is 5.82 Å². The van der Waals surface area contributed by atoms with E-state index in [4.69, 9.17) is 4.74 Å². The Morgan fingerprint density at radius 1 is 1.20 bits per heavy atom. The summed E-state index contributed by atoms with van der Waals surface area (Å²) in [4.78, 5) is 4.19. The van der Waals surface area contributed by atoms with E-state index in [0.717, 1.165) is 19.5 Å². The fraction of sp³-hybridized carbons (Fsp3) is 0.389. The summed E-state index contributed by atoms with van der Waals surface area (Å²) in [6.45, 7) is 4.18. The number of halogens is 2. The second-order valence-electron chi connectivity index (χ2n) is 5.38. The summed E-state index contributed by atoms with van der Waals surface area (Å²) in [6, 6.07) is 10.5. The van der Waals surface area contributed by atoms with E-state index in [1.54, 1.807) is 25.2 Å². The molecule has 2 rings (SSSR count). The number of hydrogen-bond acceptors (Lipinski definition) is 2. The molecule has 0 aliphatic carbocycles. The van der Waals surface area contributed by atoms with Gasteiger partial charge >= 0.3 is 0 Å². The van der Waals surface area contributed by atoms with Crippen LogP contribution < -0.4 is 15.4 Å². The first kappa shape index (κ1) is 21.3. The van der Waals surface area contributed by atoms with Gasteiger partial charge in [0.2, 0.25) is 0 Å². The summed E-state index contributed by atoms with van der Waals surface area (Å²) in [5, 5.41) is 6.47. The minimum atomic E-state index is -0.342. The Bertz CT molecular complexity index is 634. The first-order chi connectivity index (χ1) is 11.7. The van der Waals surface area contributed by atoms with E-state index in [9.17, 15) is 4.39 Å². The third-order valence-electron chi connectivity index (χ3n) is 3.64. The Kier molecular flexibility index (Phi) is 9.98. The third-order valence-corrected chi connectivity index (χ3v) is 3.64. The molecule has 0 amide bonds. The minimum absolute atomic E-state index is 0. The van der Waals surface area contributed by atoms with E-state index >= 15 is 0 Å². The molecule has 0 aliphatic rings. The molecule has 1 heterocycles. The minimum Gasteiger partial charge on any atom is -0.486 e. The van der Waals surface area contributed by atoms with Gasteiger partial charge in [0.15, 0.2) is 17.5 Å². The van der Waals surface area contributed by atoms with Crippen molar-refractivity contribution in [1.82, 2.24) is 15.2 Å². The van der Waals surface area contributed by atoms with Crippen LogP contribution in [0.1, 0.15) is 13.3 Å². The topological polar surface area (TPSA) is 50.6 Å². The molecule has 0 aliphatic heterocycles. The Hall–Kier alpha value is -1.77. The number of nitrogens with one attached hydrogen (secondary N) is 2. The highest BCUT2D eigenvalue weighted by atomic mass is 127. The summed E-state index contributed by atoms with van der Waals surface area (Å²) in [6.07, 6.45) is 4.67. The Morgan fingerprint density at radius 2 is 1.92 bits per heavy atom. The number of benzene rings is 1. The molecule has 25 heavy (non-hydrogen) atoms. The molecule has 0 radical (unpaired) electrons. The molecule has 0 spiro atoms. The molecule has 7 heteroatoms. The van der Waals surface area contributed by atoms with Crippen molar-refractivity contribution in [1.29, 1.82) is 0 Å². The molecule has 2 aromatic rings. The fourth-order valence-corrected chi connectivity index (χ4v) is 2.24. The molecule has 5 nitrogen and oxygen atoms in total. The summed E-state index contributed by atoms with van der Waals surface area (Å²) in [5.41, 5.74) is 0. The third kappa shape index (κ3) is 7.33. The highest BCUT2D eigenvalue weighted by Gasteiger charge is 2.11. The summed E-state index contributed by atoms with van der Waals surface area (Å²) in [5.74, 6) is 0.643. The van der Waals surface area contributed by atoms with Crippen molar-refractivity contribution in [3.63, 3.8) is 0 Å². The second kappa shape index (κ2) is 11.7. The zero-order valence-electron chi connectivity index (χ0n) is 14.6. The van der Waals surface area contributed by atoms with E-state index < -0.39 is 0 Å². The lowest BCUT2D eigenvalue weighted by atomic mass is 10.2. The van der Waals surface area contributed by atoms with Gasteiger partial charge in [0.25, 0.3) is 0 Å². The van der Waals surface area contributed by atoms with E-state index in [2.05, 4.69) is 20.2 Å². The number of para-hydroxylation sites is 1. The monoisotopic (exact) mass is 460 g/mol. The molecular formula is C18H26FIN4O. The van der Waals surface area contributed by atoms with E-state index in [1.165, 1.54) is 6.07 Å². The molecule has 1 unspecified atom stereocenters. The van der Waals surface area contributed by atoms with Crippen LogP contribution in [-0.2, 0) is 6.54 Å². The van der Waals surface area contributed by atoms with Crippen LogP contribution in [0.2, 0.25) is 0 Å². The maximum atomic E-state index is 13.7. The van der Waals surface area contributed by atoms with Gasteiger partial charge in [0.05, 0.1) is 6.54 Å². The lowest BCUT2D eigenvalue weighted by molar-refractivity contribution is 0.191. The van der Waals surface area contributed by atoms with Crippen LogP contribution in [-0.4, -0.2) is 36.8 Å². The standard InChI is InChI=1S/C18H25FN4O.HI/c1-3-15(24-17-9-5-4-8-16(17)19)14-22-18(20-2)21-10-13-23-11-6-7-12-23;/h4-9,11-12,15H,3,10,13-14H2,1-2H3,(H2,20,21,22);1H. The number of hydrogen-bond donors (Lipinski definition) is 2. The zero-order valence-corrected chi connectivity index (χ0v) is 16.9. The average Bonchev–Trinajstić information content (AvgIpc) is 3.11. The summed E-state index contributed by atoms with van der Waals surface area (Å²) < 4.78 is 21.5. The Morgan fingerprint density at radius 3 is 2.56 bits per heavy atom. The van der Waals surface area contributed by atoms with Crippen molar-refractivity contribution in [2.45, 2.75) is 26.0 Å². The van der Waals surface area contributed by atoms with Crippen LogP contribution >= 0.6 is 24.0 Å². The molecule has 138 valence electrons. The van der Waals surface area contributed by atoms with Crippen molar-refractivity contribution in [2.24, 2.45) is 4.99 Å². The lowest BCUT2D eigenvalue weighted by Crippen LogP contribution is -2.43. The quantitative estimate of drug-likeness (QED) is 0.361. The number of rotatable bonds is 8. The molecular weight excluding hydrogens is 434 g/mol. The van der Waals surface area contributed by atoms with Gasteiger partial charge in [0.1, 0.15) is 6.10 Å². The van der Waals surface area contributed by atoms with E-state index in [0.29, 0.717) is 12.5 Å². The predicted molar refractivity (Wildman–Crippen MR) is 110 cm³/mol. The highest BCUT2D eigenvalue weighted by Crippen LogP contribution is 2.17. The van der Waals surface area contributed by atoms with Crippen molar-refractivity contribution >= 4 is 29.9 Å². The molecule has 0 saturated carbocycles. The van der Waals surface area contributed by atoms with Crippen molar-refractivity contribution in [3.8, 4) is 5.75 Å². The normalized spacial score (nSPS) is 12.2. The maximum Gasteiger partial charge on any atom is 0.191 e. The summed E-state index contributed by atoms with van der Waals surface area (Å²) in [7, 11) is 1.73. The number of aromatic nitrogens is 1. The van der Waals surface area contributed by atoms with Crippen molar-refractivity contribution in [3.05, 3.63) is 54.6 Å². The van der Waals surface area contributed by atoms with Gasteiger partial charge in [-0.3, -0.25) is 4.99 Å². The molecule has 0 fully saturated rings. The SMILES string of the molecule is CCC(CNC(=NC)NCCn1cccc1)Oc1ccccc1F.I. The van der Waals surface area contributed by atoms with Gasteiger partial charge in [0, 0.05) is 32.5 Å². The highest BCUT2D eigenvalue weighted by molar-refractivity contribution is 14.0. The molecule has 1 atom stereocenters. The Labute approximate surface area is 165 Å². The lowest BCUT2D eigenvalue weighted by Gasteiger charge is -2.20. The van der Waals surface area contributed by atoms with Gasteiger partial charge in [-0.2, -0.15) is 0 Å². The molecule has 1 aromatic carbocycles. The first-order valence-electron chi connectivity index (χ1n) is 8.19. The molecule has 1 aromatic heterocycles. The van der Waals surface area contributed by atoms with Crippen molar-refractivity contribution < 1.29 is 9.13 Å². The predicted octanol–water partition coefficient (Wildman–Crippen LogP) is 3.27. The smallest absolute Gasteiger partial charge is 0.191 e. The van der Waals surface area contributed by atoms with Gasteiger partial charge in [-0.25, -0.2) is 4.39 Å². The fourth-order valence-electron chi connectivity index (χ4n) is 2.24. The van der Waals surface area contributed by atoms with Crippen molar-refractivity contribution in [2.75, 3.05) is 20.1 Å². The van der Waals surface area contributed by atoms with Crippen LogP contribution in [0.25, 0.3) is 0 Å². The molecule has 0 bridgehead atoms. The van der Waals surface area contributed by atoms with Gasteiger partial charge in [-0.15, -0.1) is 24.0 Å². The van der Waals surface area contributed by atoms with Gasteiger partial charge in [-0.1, -0.05) is 19.1 Å². The van der Waals surface area contributed by atoms with E-state index in [1.807, 2.05) is 31.5 Å². The summed E-state index contributed by atoms with van der Waals surface area (Å²) >= 11 is 0. The Balaban J connectivity index is 0.00000312. The van der Waals surface area contributed by atoms with Gasteiger partial charge in [-0.05, 0) is 30.7 Å². The second-order valence-corrected chi connectivity index (χ2v) is 5.38. The zero-order chi connectivity index (χ0) is 17.2. The first-order valence-corrected chi connectivity index (χ1v) is 8.19. The van der Waals surface area contributed by atoms with Crippen LogP contribution in [0.3, 0.4) is 0 Å². The number of aliphatic imine (C=N–C) groups is 1. The van der Waals surface area contributed by atoms with Crippen LogP contribution in [0.5, 0.6) is 5.75 Å². The number of guanidine groups is 1. The largest absolute Gasteiger partial charge is 0.486 e. The van der Waals surface area contributed by atoms with Crippen LogP contribution in [0.15, 0.2) is 53.8 Å². The van der Waals surface area contributed by atoms with E-state index in [-0.39, 0.29) is 41.6 Å². The van der Waals surface area contributed by atoms with Gasteiger partial charge < -0.3 is 19.9 Å². The van der Waals surface area contributed by atoms with Crippen LogP contribution in [0.4, 0.5) is 4.39 Å².